The van der Waals surface area contributed by atoms with E-state index in [4.69, 9.17) is 28.8 Å². The standard InChI is InChI=1S/C14H26O8/c1-2-3-14(17)22-11-10-20-7-6-18-4-5-19-8-9-21-12-13(15)16/h2-12H2,1H3,(H,15,16). The maximum absolute atomic E-state index is 11.0. The van der Waals surface area contributed by atoms with E-state index < -0.39 is 5.97 Å². The molecule has 0 aliphatic heterocycles. The maximum Gasteiger partial charge on any atom is 0.329 e. The molecular weight excluding hydrogens is 296 g/mol. The third-order valence-corrected chi connectivity index (χ3v) is 2.29. The molecular formula is C14H26O8. The number of hydrogen-bond acceptors (Lipinski definition) is 7. The van der Waals surface area contributed by atoms with E-state index in [1.165, 1.54) is 0 Å². The summed E-state index contributed by atoms with van der Waals surface area (Å²) in [7, 11) is 0. The Balaban J connectivity index is 3.05. The first-order valence-electron chi connectivity index (χ1n) is 7.35. The number of carboxylic acid groups (broad SMARTS) is 1. The zero-order valence-electron chi connectivity index (χ0n) is 13.1. The molecule has 0 aliphatic carbocycles. The van der Waals surface area contributed by atoms with Crippen LogP contribution in [0.1, 0.15) is 19.8 Å². The van der Waals surface area contributed by atoms with Crippen LogP contribution in [0.3, 0.4) is 0 Å². The molecule has 8 heteroatoms. The van der Waals surface area contributed by atoms with Gasteiger partial charge in [-0.05, 0) is 6.42 Å². The van der Waals surface area contributed by atoms with E-state index in [0.717, 1.165) is 6.42 Å². The molecule has 0 bridgehead atoms. The van der Waals surface area contributed by atoms with Gasteiger partial charge in [0.1, 0.15) is 13.2 Å². The quantitative estimate of drug-likeness (QED) is 0.323. The molecule has 0 saturated carbocycles. The Hall–Kier alpha value is -1.22. The van der Waals surface area contributed by atoms with Gasteiger partial charge in [-0.3, -0.25) is 4.79 Å². The normalized spacial score (nSPS) is 10.6. The van der Waals surface area contributed by atoms with Crippen molar-refractivity contribution >= 4 is 11.9 Å². The maximum atomic E-state index is 11.0. The molecule has 0 aromatic heterocycles. The topological polar surface area (TPSA) is 101 Å². The van der Waals surface area contributed by atoms with E-state index in [1.54, 1.807) is 0 Å². The Labute approximate surface area is 130 Å². The lowest BCUT2D eigenvalue weighted by Gasteiger charge is -2.07. The molecule has 0 radical (unpaired) electrons. The molecule has 0 saturated heterocycles. The Kier molecular flexibility index (Phi) is 15.3. The van der Waals surface area contributed by atoms with Crippen molar-refractivity contribution in [1.82, 2.24) is 0 Å². The smallest absolute Gasteiger partial charge is 0.329 e. The molecule has 1 N–H and O–H groups in total. The average molecular weight is 322 g/mol. The third kappa shape index (κ3) is 16.8. The highest BCUT2D eigenvalue weighted by atomic mass is 16.6. The van der Waals surface area contributed by atoms with E-state index in [0.29, 0.717) is 46.1 Å². The summed E-state index contributed by atoms with van der Waals surface area (Å²) in [5.74, 6) is -1.20. The minimum Gasteiger partial charge on any atom is -0.480 e. The SMILES string of the molecule is CCCC(=O)OCCOCCOCCOCCOCC(=O)O. The number of hydrogen-bond donors (Lipinski definition) is 1. The number of carbonyl (C=O) groups excluding carboxylic acids is 1. The van der Waals surface area contributed by atoms with Crippen molar-refractivity contribution in [2.75, 3.05) is 59.5 Å². The second kappa shape index (κ2) is 16.2. The number of carboxylic acids is 1. The van der Waals surface area contributed by atoms with Crippen molar-refractivity contribution in [2.45, 2.75) is 19.8 Å². The van der Waals surface area contributed by atoms with E-state index >= 15 is 0 Å². The first-order chi connectivity index (χ1) is 10.7. The second-order valence-electron chi connectivity index (χ2n) is 4.25. The highest BCUT2D eigenvalue weighted by Crippen LogP contribution is 1.91. The number of carbonyl (C=O) groups is 2. The summed E-state index contributed by atoms with van der Waals surface area (Å²) in [6, 6.07) is 0. The Morgan fingerprint density at radius 3 is 1.68 bits per heavy atom. The Morgan fingerprint density at radius 1 is 0.773 bits per heavy atom. The van der Waals surface area contributed by atoms with Gasteiger partial charge in [-0.2, -0.15) is 0 Å². The Bertz CT molecular complexity index is 282. The predicted octanol–water partition coefficient (Wildman–Crippen LogP) is 0.481. The van der Waals surface area contributed by atoms with Crippen LogP contribution in [-0.2, 0) is 33.3 Å². The fourth-order valence-corrected chi connectivity index (χ4v) is 1.31. The average Bonchev–Trinajstić information content (AvgIpc) is 2.47. The first-order valence-corrected chi connectivity index (χ1v) is 7.35. The van der Waals surface area contributed by atoms with Crippen LogP contribution in [0.4, 0.5) is 0 Å². The van der Waals surface area contributed by atoms with Gasteiger partial charge in [0.2, 0.25) is 0 Å². The van der Waals surface area contributed by atoms with E-state index in [9.17, 15) is 9.59 Å². The molecule has 0 rings (SSSR count). The van der Waals surface area contributed by atoms with Gasteiger partial charge < -0.3 is 28.8 Å². The lowest BCUT2D eigenvalue weighted by atomic mass is 10.3. The first kappa shape index (κ1) is 20.8. The predicted molar refractivity (Wildman–Crippen MR) is 76.8 cm³/mol. The lowest BCUT2D eigenvalue weighted by Crippen LogP contribution is -2.15. The van der Waals surface area contributed by atoms with Gasteiger partial charge in [-0.25, -0.2) is 4.79 Å². The number of rotatable bonds is 16. The van der Waals surface area contributed by atoms with Crippen molar-refractivity contribution in [2.24, 2.45) is 0 Å². The van der Waals surface area contributed by atoms with Crippen molar-refractivity contribution in [3.05, 3.63) is 0 Å². The van der Waals surface area contributed by atoms with Crippen molar-refractivity contribution in [3.8, 4) is 0 Å². The molecule has 0 unspecified atom stereocenters. The number of ether oxygens (including phenoxy) is 5. The van der Waals surface area contributed by atoms with Gasteiger partial charge in [-0.15, -0.1) is 0 Å². The van der Waals surface area contributed by atoms with Gasteiger partial charge in [0.05, 0.1) is 46.2 Å². The molecule has 0 aliphatic rings. The van der Waals surface area contributed by atoms with Crippen LogP contribution in [0.5, 0.6) is 0 Å². The molecule has 0 aromatic carbocycles. The van der Waals surface area contributed by atoms with Crippen LogP contribution >= 0.6 is 0 Å². The molecule has 22 heavy (non-hydrogen) atoms. The number of aliphatic carboxylic acids is 1. The monoisotopic (exact) mass is 322 g/mol. The van der Waals surface area contributed by atoms with Gasteiger partial charge >= 0.3 is 11.9 Å². The van der Waals surface area contributed by atoms with Gasteiger partial charge in [0, 0.05) is 6.42 Å². The molecule has 0 spiro atoms. The van der Waals surface area contributed by atoms with Gasteiger partial charge in [0.15, 0.2) is 0 Å². The van der Waals surface area contributed by atoms with Crippen LogP contribution in [0.25, 0.3) is 0 Å². The summed E-state index contributed by atoms with van der Waals surface area (Å²) >= 11 is 0. The zero-order valence-corrected chi connectivity index (χ0v) is 13.1. The van der Waals surface area contributed by atoms with Crippen LogP contribution in [-0.4, -0.2) is 76.5 Å². The molecule has 0 aromatic rings. The largest absolute Gasteiger partial charge is 0.480 e. The fourth-order valence-electron chi connectivity index (χ4n) is 1.31. The summed E-state index contributed by atoms with van der Waals surface area (Å²) in [5, 5.41) is 8.32. The summed E-state index contributed by atoms with van der Waals surface area (Å²) < 4.78 is 25.4. The molecule has 0 heterocycles. The lowest BCUT2D eigenvalue weighted by molar-refractivity contribution is -0.145. The van der Waals surface area contributed by atoms with Crippen LogP contribution in [0, 0.1) is 0 Å². The Morgan fingerprint density at radius 2 is 1.23 bits per heavy atom. The van der Waals surface area contributed by atoms with Crippen LogP contribution in [0.15, 0.2) is 0 Å². The van der Waals surface area contributed by atoms with Crippen molar-refractivity contribution < 1.29 is 38.4 Å². The summed E-state index contributed by atoms with van der Waals surface area (Å²) in [6.07, 6.45) is 1.21. The molecule has 0 fully saturated rings. The highest BCUT2D eigenvalue weighted by molar-refractivity contribution is 5.69. The minimum atomic E-state index is -0.997. The van der Waals surface area contributed by atoms with Crippen LogP contribution in [0.2, 0.25) is 0 Å². The summed E-state index contributed by atoms with van der Waals surface area (Å²) in [5.41, 5.74) is 0. The number of esters is 1. The summed E-state index contributed by atoms with van der Waals surface area (Å²) in [4.78, 5) is 21.2. The molecule has 0 amide bonds. The third-order valence-electron chi connectivity index (χ3n) is 2.29. The highest BCUT2D eigenvalue weighted by Gasteiger charge is 1.99. The second-order valence-corrected chi connectivity index (χ2v) is 4.25. The van der Waals surface area contributed by atoms with Gasteiger partial charge in [-0.1, -0.05) is 6.92 Å². The van der Waals surface area contributed by atoms with Gasteiger partial charge in [0.25, 0.3) is 0 Å². The van der Waals surface area contributed by atoms with Crippen molar-refractivity contribution in [3.63, 3.8) is 0 Å². The van der Waals surface area contributed by atoms with Crippen molar-refractivity contribution in [1.29, 1.82) is 0 Å². The van der Waals surface area contributed by atoms with E-state index in [1.807, 2.05) is 6.92 Å². The van der Waals surface area contributed by atoms with Crippen LogP contribution < -0.4 is 0 Å². The van der Waals surface area contributed by atoms with E-state index in [-0.39, 0.29) is 25.8 Å². The fraction of sp³-hybridized carbons (Fsp3) is 0.857. The minimum absolute atomic E-state index is 0.202. The molecule has 130 valence electrons. The molecule has 8 nitrogen and oxygen atoms in total. The molecule has 0 atom stereocenters. The van der Waals surface area contributed by atoms with E-state index in [2.05, 4.69) is 0 Å². The zero-order chi connectivity index (χ0) is 16.5. The summed E-state index contributed by atoms with van der Waals surface area (Å²) in [6.45, 7) is 4.48.